The van der Waals surface area contributed by atoms with Crippen LogP contribution >= 0.6 is 0 Å². The Morgan fingerprint density at radius 3 is 2.92 bits per heavy atom. The van der Waals surface area contributed by atoms with Crippen LogP contribution in [-0.2, 0) is 17.8 Å². The summed E-state index contributed by atoms with van der Waals surface area (Å²) in [6.07, 6.45) is 0.0581. The van der Waals surface area contributed by atoms with Crippen molar-refractivity contribution in [2.24, 2.45) is 0 Å². The van der Waals surface area contributed by atoms with Crippen LogP contribution in [0, 0.1) is 31.0 Å². The molecule has 0 amide bonds. The Labute approximate surface area is 141 Å². The van der Waals surface area contributed by atoms with Gasteiger partial charge in [-0.05, 0) is 37.6 Å². The van der Waals surface area contributed by atoms with E-state index in [2.05, 4.69) is 22.1 Å². The Morgan fingerprint density at radius 1 is 1.38 bits per heavy atom. The van der Waals surface area contributed by atoms with Gasteiger partial charge in [0.05, 0.1) is 36.6 Å². The predicted molar refractivity (Wildman–Crippen MR) is 87.8 cm³/mol. The summed E-state index contributed by atoms with van der Waals surface area (Å²) >= 11 is 0. The summed E-state index contributed by atoms with van der Waals surface area (Å²) in [7, 11) is 0. The second-order valence-corrected chi connectivity index (χ2v) is 6.25. The van der Waals surface area contributed by atoms with E-state index >= 15 is 0 Å². The molecule has 2 aromatic rings. The summed E-state index contributed by atoms with van der Waals surface area (Å²) < 4.78 is 21.1. The van der Waals surface area contributed by atoms with Gasteiger partial charge in [0, 0.05) is 25.3 Å². The van der Waals surface area contributed by atoms with Gasteiger partial charge in [-0.1, -0.05) is 6.07 Å². The summed E-state index contributed by atoms with van der Waals surface area (Å²) in [6, 6.07) is 8.52. The van der Waals surface area contributed by atoms with Crippen molar-refractivity contribution in [2.75, 3.05) is 19.7 Å². The van der Waals surface area contributed by atoms with Crippen LogP contribution in [0.4, 0.5) is 4.39 Å². The SMILES string of the molecule is Cc1cc(C)n(C[C@@H]2CN(Cc3ccc(F)cc3C#N)CCO2)n1. The van der Waals surface area contributed by atoms with Gasteiger partial charge >= 0.3 is 0 Å². The minimum absolute atomic E-state index is 0.0581. The molecule has 1 fully saturated rings. The van der Waals surface area contributed by atoms with Crippen molar-refractivity contribution in [3.05, 3.63) is 52.6 Å². The number of rotatable bonds is 4. The highest BCUT2D eigenvalue weighted by Crippen LogP contribution is 2.16. The van der Waals surface area contributed by atoms with E-state index in [-0.39, 0.29) is 11.9 Å². The second kappa shape index (κ2) is 7.12. The smallest absolute Gasteiger partial charge is 0.124 e. The van der Waals surface area contributed by atoms with E-state index in [1.165, 1.54) is 12.1 Å². The van der Waals surface area contributed by atoms with E-state index in [9.17, 15) is 9.65 Å². The predicted octanol–water partition coefficient (Wildman–Crippen LogP) is 2.41. The summed E-state index contributed by atoms with van der Waals surface area (Å²) in [4.78, 5) is 2.24. The quantitative estimate of drug-likeness (QED) is 0.865. The Bertz CT molecular complexity index is 765. The molecule has 6 heteroatoms. The maximum Gasteiger partial charge on any atom is 0.124 e. The molecule has 0 aliphatic carbocycles. The zero-order valence-electron chi connectivity index (χ0n) is 14.0. The lowest BCUT2D eigenvalue weighted by Crippen LogP contribution is -2.44. The van der Waals surface area contributed by atoms with Gasteiger partial charge in [0.2, 0.25) is 0 Å². The Balaban J connectivity index is 1.66. The van der Waals surface area contributed by atoms with Crippen molar-refractivity contribution >= 4 is 0 Å². The van der Waals surface area contributed by atoms with Crippen molar-refractivity contribution in [2.45, 2.75) is 33.0 Å². The topological polar surface area (TPSA) is 54.1 Å². The molecule has 1 aromatic carbocycles. The lowest BCUT2D eigenvalue weighted by molar-refractivity contribution is -0.0405. The van der Waals surface area contributed by atoms with Gasteiger partial charge in [-0.3, -0.25) is 9.58 Å². The van der Waals surface area contributed by atoms with Crippen molar-refractivity contribution in [1.29, 1.82) is 5.26 Å². The number of nitrogens with zero attached hydrogens (tertiary/aromatic N) is 4. The molecule has 126 valence electrons. The molecule has 0 saturated carbocycles. The summed E-state index contributed by atoms with van der Waals surface area (Å²) in [5, 5.41) is 13.7. The highest BCUT2D eigenvalue weighted by Gasteiger charge is 2.22. The fourth-order valence-electron chi connectivity index (χ4n) is 3.12. The van der Waals surface area contributed by atoms with Crippen LogP contribution in [0.25, 0.3) is 0 Å². The highest BCUT2D eigenvalue weighted by atomic mass is 19.1. The average Bonchev–Trinajstić information content (AvgIpc) is 2.87. The molecule has 1 aromatic heterocycles. The van der Waals surface area contributed by atoms with E-state index in [1.807, 2.05) is 18.5 Å². The molecule has 1 aliphatic rings. The maximum atomic E-state index is 13.3. The number of ether oxygens (including phenoxy) is 1. The first-order chi connectivity index (χ1) is 11.5. The largest absolute Gasteiger partial charge is 0.374 e. The van der Waals surface area contributed by atoms with Crippen molar-refractivity contribution in [1.82, 2.24) is 14.7 Å². The molecule has 1 aliphatic heterocycles. The minimum Gasteiger partial charge on any atom is -0.374 e. The molecule has 0 bridgehead atoms. The van der Waals surface area contributed by atoms with Gasteiger partial charge in [0.15, 0.2) is 0 Å². The molecule has 1 saturated heterocycles. The first-order valence-electron chi connectivity index (χ1n) is 8.08. The standard InChI is InChI=1S/C18H21FN4O/c1-13-7-14(2)23(21-13)12-18-11-22(5-6-24-18)10-15-3-4-17(19)8-16(15)9-20/h3-4,7-8,18H,5-6,10-12H2,1-2H3/t18-/m0/s1. The molecular weight excluding hydrogens is 307 g/mol. The third-order valence-electron chi connectivity index (χ3n) is 4.29. The zero-order valence-corrected chi connectivity index (χ0v) is 14.0. The van der Waals surface area contributed by atoms with E-state index in [1.54, 1.807) is 6.07 Å². The van der Waals surface area contributed by atoms with Gasteiger partial charge in [0.1, 0.15) is 5.82 Å². The molecule has 0 N–H and O–H groups in total. The van der Waals surface area contributed by atoms with E-state index < -0.39 is 0 Å². The molecule has 24 heavy (non-hydrogen) atoms. The first kappa shape index (κ1) is 16.6. The monoisotopic (exact) mass is 328 g/mol. The number of nitriles is 1. The molecule has 0 radical (unpaired) electrons. The minimum atomic E-state index is -0.375. The Kier molecular flexibility index (Phi) is 4.93. The summed E-state index contributed by atoms with van der Waals surface area (Å²) in [5.74, 6) is -0.375. The van der Waals surface area contributed by atoms with Gasteiger partial charge in [-0.15, -0.1) is 0 Å². The van der Waals surface area contributed by atoms with Crippen molar-refractivity contribution in [3.8, 4) is 6.07 Å². The molecule has 3 rings (SSSR count). The van der Waals surface area contributed by atoms with E-state index in [0.717, 1.165) is 30.0 Å². The lowest BCUT2D eigenvalue weighted by Gasteiger charge is -2.33. The van der Waals surface area contributed by atoms with Crippen LogP contribution < -0.4 is 0 Å². The van der Waals surface area contributed by atoms with Gasteiger partial charge < -0.3 is 4.74 Å². The average molecular weight is 328 g/mol. The van der Waals surface area contributed by atoms with Gasteiger partial charge in [-0.2, -0.15) is 10.4 Å². The second-order valence-electron chi connectivity index (χ2n) is 6.25. The molecule has 2 heterocycles. The van der Waals surface area contributed by atoms with Crippen LogP contribution in [-0.4, -0.2) is 40.5 Å². The number of hydrogen-bond acceptors (Lipinski definition) is 4. The molecule has 1 atom stereocenters. The third-order valence-corrected chi connectivity index (χ3v) is 4.29. The first-order valence-corrected chi connectivity index (χ1v) is 8.08. The van der Waals surface area contributed by atoms with Crippen LogP contribution in [0.15, 0.2) is 24.3 Å². The Hall–Kier alpha value is -2.23. The lowest BCUT2D eigenvalue weighted by atomic mass is 10.1. The highest BCUT2D eigenvalue weighted by molar-refractivity contribution is 5.37. The Morgan fingerprint density at radius 2 is 2.21 bits per heavy atom. The number of aromatic nitrogens is 2. The fraction of sp³-hybridized carbons (Fsp3) is 0.444. The summed E-state index contributed by atoms with van der Waals surface area (Å²) in [5.41, 5.74) is 3.38. The van der Waals surface area contributed by atoms with Crippen LogP contribution in [0.3, 0.4) is 0 Å². The zero-order chi connectivity index (χ0) is 17.1. The molecule has 5 nitrogen and oxygen atoms in total. The van der Waals surface area contributed by atoms with Crippen LogP contribution in [0.2, 0.25) is 0 Å². The molecular formula is C18H21FN4O. The third kappa shape index (κ3) is 3.81. The summed E-state index contributed by atoms with van der Waals surface area (Å²) in [6.45, 7) is 7.57. The van der Waals surface area contributed by atoms with Crippen molar-refractivity contribution in [3.63, 3.8) is 0 Å². The van der Waals surface area contributed by atoms with Gasteiger partial charge in [-0.25, -0.2) is 4.39 Å². The normalized spacial score (nSPS) is 18.5. The van der Waals surface area contributed by atoms with E-state index in [4.69, 9.17) is 4.74 Å². The number of benzene rings is 1. The molecule has 0 spiro atoms. The maximum absolute atomic E-state index is 13.3. The van der Waals surface area contributed by atoms with Gasteiger partial charge in [0.25, 0.3) is 0 Å². The van der Waals surface area contributed by atoms with Crippen LogP contribution in [0.1, 0.15) is 22.5 Å². The molecule has 0 unspecified atom stereocenters. The van der Waals surface area contributed by atoms with Crippen molar-refractivity contribution < 1.29 is 9.13 Å². The number of morpholine rings is 1. The number of halogens is 1. The number of hydrogen-bond donors (Lipinski definition) is 0. The van der Waals surface area contributed by atoms with E-state index in [0.29, 0.717) is 25.3 Å². The van der Waals surface area contributed by atoms with Crippen LogP contribution in [0.5, 0.6) is 0 Å². The fourth-order valence-corrected chi connectivity index (χ4v) is 3.12. The number of aryl methyl sites for hydroxylation is 2.